The van der Waals surface area contributed by atoms with Gasteiger partial charge in [-0.25, -0.2) is 0 Å². The first-order valence-electron chi connectivity index (χ1n) is 10.6. The number of hydrogen-bond acceptors (Lipinski definition) is 3. The first kappa shape index (κ1) is 16.9. The van der Waals surface area contributed by atoms with Gasteiger partial charge in [-0.2, -0.15) is 0 Å². The van der Waals surface area contributed by atoms with Crippen molar-refractivity contribution in [2.45, 2.75) is 70.0 Å². The van der Waals surface area contributed by atoms with Gasteiger partial charge in [-0.05, 0) is 80.2 Å². The van der Waals surface area contributed by atoms with Crippen LogP contribution in [0.5, 0.6) is 0 Å². The molecule has 5 rings (SSSR count). The lowest BCUT2D eigenvalue weighted by Crippen LogP contribution is -2.48. The average molecular weight is 354 g/mol. The first-order valence-corrected chi connectivity index (χ1v) is 10.6. The standard InChI is InChI=1S/C23H30O3/c24-21-11-10-20-19-9-8-16-5-1-2-6-17(16)18(19)12-13-23(20,21)15-26-22-7-3-4-14-25-22/h1-2,5-6,18-20,22H,3-4,7-15H2/t18-,19-,20+,22?,23-/m1/s1. The zero-order chi connectivity index (χ0) is 17.6. The maximum atomic E-state index is 13.0. The number of carbonyl (C=O) groups is 1. The second-order valence-corrected chi connectivity index (χ2v) is 8.88. The van der Waals surface area contributed by atoms with Gasteiger partial charge in [-0.3, -0.25) is 4.79 Å². The summed E-state index contributed by atoms with van der Waals surface area (Å²) in [7, 11) is 0. The van der Waals surface area contributed by atoms with Crippen molar-refractivity contribution < 1.29 is 14.3 Å². The van der Waals surface area contributed by atoms with Crippen molar-refractivity contribution in [1.82, 2.24) is 0 Å². The molecule has 26 heavy (non-hydrogen) atoms. The molecular formula is C23H30O3. The third kappa shape index (κ3) is 2.66. The van der Waals surface area contributed by atoms with Crippen LogP contribution < -0.4 is 0 Å². The molecule has 0 aromatic heterocycles. The Morgan fingerprint density at radius 1 is 1.08 bits per heavy atom. The Labute approximate surface area is 156 Å². The minimum absolute atomic E-state index is 0.0861. The monoisotopic (exact) mass is 354 g/mol. The molecule has 3 heteroatoms. The Kier molecular flexibility index (Phi) is 4.41. The highest BCUT2D eigenvalue weighted by Crippen LogP contribution is 2.59. The van der Waals surface area contributed by atoms with E-state index >= 15 is 0 Å². The molecule has 4 aliphatic rings. The highest BCUT2D eigenvalue weighted by atomic mass is 16.7. The van der Waals surface area contributed by atoms with Gasteiger partial charge in [-0.1, -0.05) is 24.3 Å². The van der Waals surface area contributed by atoms with Gasteiger partial charge in [0.2, 0.25) is 0 Å². The van der Waals surface area contributed by atoms with Crippen molar-refractivity contribution in [3.63, 3.8) is 0 Å². The Morgan fingerprint density at radius 2 is 2.00 bits per heavy atom. The predicted molar refractivity (Wildman–Crippen MR) is 99.9 cm³/mol. The summed E-state index contributed by atoms with van der Waals surface area (Å²) in [6, 6.07) is 8.99. The molecule has 1 aromatic carbocycles. The smallest absolute Gasteiger partial charge is 0.157 e. The van der Waals surface area contributed by atoms with E-state index < -0.39 is 0 Å². The van der Waals surface area contributed by atoms with Crippen molar-refractivity contribution in [2.24, 2.45) is 17.3 Å². The normalized spacial score (nSPS) is 39.2. The molecule has 2 saturated carbocycles. The van der Waals surface area contributed by atoms with Crippen molar-refractivity contribution >= 4 is 5.78 Å². The van der Waals surface area contributed by atoms with E-state index in [4.69, 9.17) is 9.47 Å². The second-order valence-electron chi connectivity index (χ2n) is 8.88. The van der Waals surface area contributed by atoms with Crippen LogP contribution in [0.3, 0.4) is 0 Å². The predicted octanol–water partition coefficient (Wildman–Crippen LogP) is 4.64. The number of aryl methyl sites for hydroxylation is 1. The van der Waals surface area contributed by atoms with E-state index in [2.05, 4.69) is 24.3 Å². The van der Waals surface area contributed by atoms with Crippen LogP contribution in [0.1, 0.15) is 68.4 Å². The number of fused-ring (bicyclic) bond motifs is 5. The van der Waals surface area contributed by atoms with E-state index in [1.165, 1.54) is 24.8 Å². The van der Waals surface area contributed by atoms with E-state index in [-0.39, 0.29) is 11.7 Å². The summed E-state index contributed by atoms with van der Waals surface area (Å²) < 4.78 is 12.0. The first-order chi connectivity index (χ1) is 12.8. The zero-order valence-corrected chi connectivity index (χ0v) is 15.6. The maximum Gasteiger partial charge on any atom is 0.157 e. The van der Waals surface area contributed by atoms with Crippen LogP contribution in [0.15, 0.2) is 24.3 Å². The number of rotatable bonds is 3. The zero-order valence-electron chi connectivity index (χ0n) is 15.6. The average Bonchev–Trinajstić information content (AvgIpc) is 3.04. The topological polar surface area (TPSA) is 35.5 Å². The lowest BCUT2D eigenvalue weighted by atomic mass is 9.55. The lowest BCUT2D eigenvalue weighted by Gasteiger charge is -2.49. The number of ether oxygens (including phenoxy) is 2. The van der Waals surface area contributed by atoms with Crippen LogP contribution in [-0.2, 0) is 20.7 Å². The summed E-state index contributed by atoms with van der Waals surface area (Å²) in [5.74, 6) is 2.28. The number of hydrogen-bond donors (Lipinski definition) is 0. The Balaban J connectivity index is 1.38. The molecule has 1 aromatic rings. The molecule has 0 N–H and O–H groups in total. The summed E-state index contributed by atoms with van der Waals surface area (Å²) in [6.07, 6.45) is 9.57. The van der Waals surface area contributed by atoms with Crippen LogP contribution in [0.25, 0.3) is 0 Å². The van der Waals surface area contributed by atoms with E-state index in [0.29, 0.717) is 30.1 Å². The Hall–Kier alpha value is -1.19. The molecule has 140 valence electrons. The number of ketones is 1. The van der Waals surface area contributed by atoms with Crippen LogP contribution in [-0.4, -0.2) is 25.3 Å². The number of benzene rings is 1. The van der Waals surface area contributed by atoms with Crippen LogP contribution in [0.2, 0.25) is 0 Å². The molecule has 3 aliphatic carbocycles. The largest absolute Gasteiger partial charge is 0.353 e. The summed E-state index contributed by atoms with van der Waals surface area (Å²) in [6.45, 7) is 1.39. The molecule has 3 nitrogen and oxygen atoms in total. The molecule has 1 heterocycles. The fourth-order valence-corrected chi connectivity index (χ4v) is 6.45. The van der Waals surface area contributed by atoms with Gasteiger partial charge in [0.15, 0.2) is 6.29 Å². The summed E-state index contributed by atoms with van der Waals surface area (Å²) in [5, 5.41) is 0. The molecule has 0 spiro atoms. The molecule has 1 saturated heterocycles. The minimum Gasteiger partial charge on any atom is -0.353 e. The van der Waals surface area contributed by atoms with Crippen molar-refractivity contribution in [2.75, 3.05) is 13.2 Å². The molecule has 0 amide bonds. The van der Waals surface area contributed by atoms with Crippen molar-refractivity contribution in [3.8, 4) is 0 Å². The van der Waals surface area contributed by atoms with Gasteiger partial charge in [0.1, 0.15) is 5.78 Å². The quantitative estimate of drug-likeness (QED) is 0.793. The Bertz CT molecular complexity index is 678. The summed E-state index contributed by atoms with van der Waals surface area (Å²) in [5.41, 5.74) is 2.87. The van der Waals surface area contributed by atoms with Crippen molar-refractivity contribution in [1.29, 1.82) is 0 Å². The van der Waals surface area contributed by atoms with Gasteiger partial charge in [-0.15, -0.1) is 0 Å². The van der Waals surface area contributed by atoms with Crippen LogP contribution >= 0.6 is 0 Å². The fourth-order valence-electron chi connectivity index (χ4n) is 6.45. The molecule has 1 unspecified atom stereocenters. The van der Waals surface area contributed by atoms with E-state index in [9.17, 15) is 4.79 Å². The van der Waals surface area contributed by atoms with Gasteiger partial charge >= 0.3 is 0 Å². The molecular weight excluding hydrogens is 324 g/mol. The fraction of sp³-hybridized carbons (Fsp3) is 0.696. The minimum atomic E-state index is -0.228. The number of carbonyl (C=O) groups excluding carboxylic acids is 1. The van der Waals surface area contributed by atoms with Gasteiger partial charge < -0.3 is 9.47 Å². The lowest BCUT2D eigenvalue weighted by molar-refractivity contribution is -0.189. The third-order valence-corrected chi connectivity index (χ3v) is 7.75. The highest BCUT2D eigenvalue weighted by molar-refractivity contribution is 5.87. The summed E-state index contributed by atoms with van der Waals surface area (Å²) in [4.78, 5) is 13.0. The SMILES string of the molecule is O=C1CC[C@H]2[C@@H]3CCc4ccccc4[C@H]3CC[C@]12COC1CCCCO1. The second kappa shape index (κ2) is 6.76. The maximum absolute atomic E-state index is 13.0. The third-order valence-electron chi connectivity index (χ3n) is 7.75. The molecule has 5 atom stereocenters. The molecule has 0 radical (unpaired) electrons. The Morgan fingerprint density at radius 3 is 2.88 bits per heavy atom. The van der Waals surface area contributed by atoms with Crippen molar-refractivity contribution in [3.05, 3.63) is 35.4 Å². The van der Waals surface area contributed by atoms with E-state index in [1.54, 1.807) is 5.56 Å². The van der Waals surface area contributed by atoms with E-state index in [1.807, 2.05) is 0 Å². The van der Waals surface area contributed by atoms with Gasteiger partial charge in [0.05, 0.1) is 12.0 Å². The van der Waals surface area contributed by atoms with Crippen LogP contribution in [0.4, 0.5) is 0 Å². The van der Waals surface area contributed by atoms with Gasteiger partial charge in [0.25, 0.3) is 0 Å². The molecule has 1 aliphatic heterocycles. The van der Waals surface area contributed by atoms with E-state index in [0.717, 1.165) is 45.1 Å². The highest BCUT2D eigenvalue weighted by Gasteiger charge is 2.57. The summed E-state index contributed by atoms with van der Waals surface area (Å²) >= 11 is 0. The molecule has 0 bridgehead atoms. The molecule has 3 fully saturated rings. The van der Waals surface area contributed by atoms with Crippen LogP contribution in [0, 0.1) is 17.3 Å². The van der Waals surface area contributed by atoms with Gasteiger partial charge in [0, 0.05) is 13.0 Å². The number of Topliss-reactive ketones (excluding diaryl/α,β-unsaturated/α-hetero) is 1.